The largest absolute Gasteiger partial charge is 0.384 e. The third-order valence-corrected chi connectivity index (χ3v) is 2.48. The number of nitrogens with zero attached hydrogens (tertiary/aromatic N) is 1. The lowest BCUT2D eigenvalue weighted by molar-refractivity contribution is 0.164. The van der Waals surface area contributed by atoms with Gasteiger partial charge < -0.3 is 10.1 Å². The predicted octanol–water partition coefficient (Wildman–Crippen LogP) is 2.74. The SMILES string of the molecule is COCC(C)CNc1c(C)ccnc1Cl. The van der Waals surface area contributed by atoms with Crippen molar-refractivity contribution in [3.05, 3.63) is 23.0 Å². The van der Waals surface area contributed by atoms with Crippen LogP contribution in [0.2, 0.25) is 5.15 Å². The number of aromatic nitrogens is 1. The fourth-order valence-electron chi connectivity index (χ4n) is 1.36. The lowest BCUT2D eigenvalue weighted by atomic mass is 10.2. The third-order valence-electron chi connectivity index (χ3n) is 2.19. The van der Waals surface area contributed by atoms with E-state index in [1.165, 1.54) is 0 Å². The Morgan fingerprint density at radius 3 is 2.93 bits per heavy atom. The smallest absolute Gasteiger partial charge is 0.152 e. The molecule has 4 heteroatoms. The van der Waals surface area contributed by atoms with Crippen molar-refractivity contribution in [2.45, 2.75) is 13.8 Å². The first-order chi connectivity index (χ1) is 7.15. The first-order valence-electron chi connectivity index (χ1n) is 4.99. The molecule has 1 aromatic heterocycles. The van der Waals surface area contributed by atoms with Crippen LogP contribution in [0.3, 0.4) is 0 Å². The van der Waals surface area contributed by atoms with Crippen LogP contribution in [-0.2, 0) is 4.74 Å². The van der Waals surface area contributed by atoms with Crippen LogP contribution in [0.5, 0.6) is 0 Å². The van der Waals surface area contributed by atoms with E-state index in [1.54, 1.807) is 13.3 Å². The van der Waals surface area contributed by atoms with Gasteiger partial charge in [0.25, 0.3) is 0 Å². The van der Waals surface area contributed by atoms with Crippen LogP contribution in [0, 0.1) is 12.8 Å². The van der Waals surface area contributed by atoms with Crippen molar-refractivity contribution >= 4 is 17.3 Å². The minimum absolute atomic E-state index is 0.450. The van der Waals surface area contributed by atoms with E-state index < -0.39 is 0 Å². The van der Waals surface area contributed by atoms with Crippen molar-refractivity contribution in [2.24, 2.45) is 5.92 Å². The average molecular weight is 229 g/mol. The van der Waals surface area contributed by atoms with Gasteiger partial charge in [-0.3, -0.25) is 0 Å². The minimum Gasteiger partial charge on any atom is -0.384 e. The quantitative estimate of drug-likeness (QED) is 0.787. The summed E-state index contributed by atoms with van der Waals surface area (Å²) in [6.45, 7) is 5.71. The molecule has 0 fully saturated rings. The zero-order valence-corrected chi connectivity index (χ0v) is 10.1. The number of rotatable bonds is 5. The van der Waals surface area contributed by atoms with Gasteiger partial charge in [0.05, 0.1) is 12.3 Å². The van der Waals surface area contributed by atoms with Crippen molar-refractivity contribution in [3.63, 3.8) is 0 Å². The second-order valence-electron chi connectivity index (χ2n) is 3.74. The molecule has 0 saturated carbocycles. The zero-order chi connectivity index (χ0) is 11.3. The topological polar surface area (TPSA) is 34.1 Å². The van der Waals surface area contributed by atoms with E-state index in [0.717, 1.165) is 24.4 Å². The molecule has 0 aliphatic carbocycles. The number of anilines is 1. The number of aryl methyl sites for hydroxylation is 1. The lowest BCUT2D eigenvalue weighted by Crippen LogP contribution is -2.16. The van der Waals surface area contributed by atoms with Crippen molar-refractivity contribution in [2.75, 3.05) is 25.6 Å². The number of methoxy groups -OCH3 is 1. The van der Waals surface area contributed by atoms with Gasteiger partial charge in [-0.15, -0.1) is 0 Å². The first-order valence-corrected chi connectivity index (χ1v) is 5.37. The molecule has 0 aliphatic heterocycles. The van der Waals surface area contributed by atoms with Crippen LogP contribution in [0.15, 0.2) is 12.3 Å². The van der Waals surface area contributed by atoms with E-state index >= 15 is 0 Å². The van der Waals surface area contributed by atoms with E-state index in [9.17, 15) is 0 Å². The van der Waals surface area contributed by atoms with Gasteiger partial charge >= 0.3 is 0 Å². The normalized spacial score (nSPS) is 12.5. The second-order valence-corrected chi connectivity index (χ2v) is 4.09. The molecule has 1 heterocycles. The van der Waals surface area contributed by atoms with Gasteiger partial charge in [0, 0.05) is 19.9 Å². The Labute approximate surface area is 95.8 Å². The Morgan fingerprint density at radius 1 is 1.60 bits per heavy atom. The van der Waals surface area contributed by atoms with E-state index in [4.69, 9.17) is 16.3 Å². The van der Waals surface area contributed by atoms with Crippen LogP contribution in [0.1, 0.15) is 12.5 Å². The molecular formula is C11H17ClN2O. The monoisotopic (exact) mass is 228 g/mol. The molecule has 1 unspecified atom stereocenters. The third kappa shape index (κ3) is 3.68. The van der Waals surface area contributed by atoms with Crippen LogP contribution >= 0.6 is 11.6 Å². The van der Waals surface area contributed by atoms with Gasteiger partial charge in [0.2, 0.25) is 0 Å². The van der Waals surface area contributed by atoms with E-state index in [2.05, 4.69) is 17.2 Å². The Balaban J connectivity index is 2.57. The molecule has 0 amide bonds. The molecule has 84 valence electrons. The number of halogens is 1. The summed E-state index contributed by atoms with van der Waals surface area (Å²) in [5.41, 5.74) is 2.03. The fraction of sp³-hybridized carbons (Fsp3) is 0.545. The Hall–Kier alpha value is -0.800. The zero-order valence-electron chi connectivity index (χ0n) is 9.38. The summed E-state index contributed by atoms with van der Waals surface area (Å²) < 4.78 is 5.06. The number of ether oxygens (including phenoxy) is 1. The molecule has 15 heavy (non-hydrogen) atoms. The molecule has 0 radical (unpaired) electrons. The van der Waals surface area contributed by atoms with E-state index in [0.29, 0.717) is 11.1 Å². The summed E-state index contributed by atoms with van der Waals surface area (Å²) in [5.74, 6) is 0.450. The number of hydrogen-bond acceptors (Lipinski definition) is 3. The van der Waals surface area contributed by atoms with Crippen LogP contribution in [0.4, 0.5) is 5.69 Å². The standard InChI is InChI=1S/C11H17ClN2O/c1-8(7-15-3)6-14-10-9(2)4-5-13-11(10)12/h4-5,8,14H,6-7H2,1-3H3. The van der Waals surface area contributed by atoms with Crippen molar-refractivity contribution in [1.29, 1.82) is 0 Å². The second kappa shape index (κ2) is 5.93. The van der Waals surface area contributed by atoms with Crippen LogP contribution in [0.25, 0.3) is 0 Å². The minimum atomic E-state index is 0.450. The highest BCUT2D eigenvalue weighted by Crippen LogP contribution is 2.22. The van der Waals surface area contributed by atoms with Gasteiger partial charge in [0.1, 0.15) is 0 Å². The summed E-state index contributed by atoms with van der Waals surface area (Å²) in [6, 6.07) is 1.94. The summed E-state index contributed by atoms with van der Waals surface area (Å²) >= 11 is 5.99. The fourth-order valence-corrected chi connectivity index (χ4v) is 1.63. The Bertz CT molecular complexity index is 297. The van der Waals surface area contributed by atoms with Crippen LogP contribution < -0.4 is 5.32 Å². The molecule has 0 bridgehead atoms. The van der Waals surface area contributed by atoms with Crippen LogP contribution in [-0.4, -0.2) is 25.2 Å². The molecule has 0 aliphatic rings. The lowest BCUT2D eigenvalue weighted by Gasteiger charge is -2.14. The molecule has 1 N–H and O–H groups in total. The highest BCUT2D eigenvalue weighted by molar-refractivity contribution is 6.32. The van der Waals surface area contributed by atoms with Gasteiger partial charge in [-0.05, 0) is 24.5 Å². The number of pyridine rings is 1. The summed E-state index contributed by atoms with van der Waals surface area (Å²) in [7, 11) is 1.71. The molecule has 1 rings (SSSR count). The molecule has 0 saturated heterocycles. The average Bonchev–Trinajstić information content (AvgIpc) is 2.17. The molecule has 0 aromatic carbocycles. The van der Waals surface area contributed by atoms with Gasteiger partial charge in [-0.25, -0.2) is 4.98 Å². The molecule has 3 nitrogen and oxygen atoms in total. The Kier molecular flexibility index (Phi) is 4.85. The predicted molar refractivity (Wildman–Crippen MR) is 63.5 cm³/mol. The van der Waals surface area contributed by atoms with Gasteiger partial charge in [0.15, 0.2) is 5.15 Å². The molecule has 0 spiro atoms. The van der Waals surface area contributed by atoms with Crippen molar-refractivity contribution < 1.29 is 4.74 Å². The van der Waals surface area contributed by atoms with Crippen molar-refractivity contribution in [3.8, 4) is 0 Å². The highest BCUT2D eigenvalue weighted by Gasteiger charge is 2.06. The van der Waals surface area contributed by atoms with Crippen molar-refractivity contribution in [1.82, 2.24) is 4.98 Å². The molecule has 1 atom stereocenters. The molecule has 1 aromatic rings. The Morgan fingerprint density at radius 2 is 2.33 bits per heavy atom. The van der Waals surface area contributed by atoms with Gasteiger partial charge in [-0.1, -0.05) is 18.5 Å². The van der Waals surface area contributed by atoms with E-state index in [1.807, 2.05) is 13.0 Å². The highest BCUT2D eigenvalue weighted by atomic mass is 35.5. The maximum Gasteiger partial charge on any atom is 0.152 e. The number of hydrogen-bond donors (Lipinski definition) is 1. The molecular weight excluding hydrogens is 212 g/mol. The summed E-state index contributed by atoms with van der Waals surface area (Å²) in [5, 5.41) is 3.82. The maximum absolute atomic E-state index is 5.99. The van der Waals surface area contributed by atoms with E-state index in [-0.39, 0.29) is 0 Å². The summed E-state index contributed by atoms with van der Waals surface area (Å²) in [4.78, 5) is 4.04. The number of nitrogens with one attached hydrogen (secondary N) is 1. The first kappa shape index (κ1) is 12.3. The summed E-state index contributed by atoms with van der Waals surface area (Å²) in [6.07, 6.45) is 1.71. The van der Waals surface area contributed by atoms with Gasteiger partial charge in [-0.2, -0.15) is 0 Å². The maximum atomic E-state index is 5.99.